The van der Waals surface area contributed by atoms with Crippen molar-refractivity contribution in [1.29, 1.82) is 0 Å². The van der Waals surface area contributed by atoms with Crippen LogP contribution in [0.3, 0.4) is 0 Å². The molecule has 1 N–H and O–H groups in total. The molecule has 0 saturated heterocycles. The van der Waals surface area contributed by atoms with Crippen molar-refractivity contribution in [3.8, 4) is 11.3 Å². The quantitative estimate of drug-likeness (QED) is 0.628. The van der Waals surface area contributed by atoms with Crippen LogP contribution in [0.4, 0.5) is 5.69 Å². The molecule has 0 fully saturated rings. The summed E-state index contributed by atoms with van der Waals surface area (Å²) in [4.78, 5) is 21.4. The molecule has 0 spiro atoms. The fourth-order valence-corrected chi connectivity index (χ4v) is 2.63. The van der Waals surface area contributed by atoms with E-state index in [9.17, 15) is 4.79 Å². The van der Waals surface area contributed by atoms with Crippen LogP contribution in [0.15, 0.2) is 79.1 Å². The average Bonchev–Trinajstić information content (AvgIpc) is 3.03. The van der Waals surface area contributed by atoms with Gasteiger partial charge in [-0.3, -0.25) is 9.20 Å². The van der Waals surface area contributed by atoms with Crippen molar-refractivity contribution in [1.82, 2.24) is 14.4 Å². The summed E-state index contributed by atoms with van der Waals surface area (Å²) < 4.78 is 1.83. The number of carbonyl (C=O) groups is 1. The van der Waals surface area contributed by atoms with Crippen molar-refractivity contribution in [2.45, 2.75) is 0 Å². The lowest BCUT2D eigenvalue weighted by Gasteiger charge is -2.06. The van der Waals surface area contributed by atoms with E-state index in [2.05, 4.69) is 15.3 Å². The van der Waals surface area contributed by atoms with Gasteiger partial charge in [-0.15, -0.1) is 0 Å². The molecule has 0 radical (unpaired) electrons. The van der Waals surface area contributed by atoms with Crippen LogP contribution in [-0.2, 0) is 0 Å². The van der Waals surface area contributed by atoms with Gasteiger partial charge in [0.1, 0.15) is 0 Å². The molecule has 5 heteroatoms. The molecule has 0 aliphatic carbocycles. The van der Waals surface area contributed by atoms with E-state index in [-0.39, 0.29) is 5.91 Å². The van der Waals surface area contributed by atoms with E-state index in [1.54, 1.807) is 6.20 Å². The number of anilines is 1. The number of benzene rings is 2. The zero-order valence-electron chi connectivity index (χ0n) is 12.8. The Balaban J connectivity index is 1.84. The highest BCUT2D eigenvalue weighted by molar-refractivity contribution is 6.07. The monoisotopic (exact) mass is 314 g/mol. The second-order valence-electron chi connectivity index (χ2n) is 5.28. The van der Waals surface area contributed by atoms with Crippen molar-refractivity contribution in [3.05, 3.63) is 84.8 Å². The van der Waals surface area contributed by atoms with Crippen LogP contribution in [0.25, 0.3) is 17.0 Å². The van der Waals surface area contributed by atoms with Crippen LogP contribution >= 0.6 is 0 Å². The summed E-state index contributed by atoms with van der Waals surface area (Å²) in [5.74, 6) is 0.236. The Morgan fingerprint density at radius 1 is 0.917 bits per heavy atom. The van der Waals surface area contributed by atoms with Gasteiger partial charge in [-0.25, -0.2) is 9.97 Å². The van der Waals surface area contributed by atoms with Gasteiger partial charge >= 0.3 is 0 Å². The molecular weight excluding hydrogens is 300 g/mol. The number of fused-ring (bicyclic) bond motifs is 1. The van der Waals surface area contributed by atoms with Crippen molar-refractivity contribution in [3.63, 3.8) is 0 Å². The Bertz CT molecular complexity index is 994. The van der Waals surface area contributed by atoms with Gasteiger partial charge in [0.2, 0.25) is 5.78 Å². The Labute approximate surface area is 138 Å². The molecule has 0 atom stereocenters. The topological polar surface area (TPSA) is 59.3 Å². The number of nitrogens with zero attached hydrogens (tertiary/aromatic N) is 3. The van der Waals surface area contributed by atoms with E-state index in [0.29, 0.717) is 11.5 Å². The Kier molecular flexibility index (Phi) is 3.51. The summed E-state index contributed by atoms with van der Waals surface area (Å²) in [6, 6.07) is 20.9. The molecule has 116 valence electrons. The zero-order chi connectivity index (χ0) is 16.4. The number of carbonyl (C=O) groups excluding carboxylic acids is 1. The van der Waals surface area contributed by atoms with Crippen LogP contribution in [0.1, 0.15) is 10.5 Å². The number of hydrogen-bond acceptors (Lipinski definition) is 3. The third kappa shape index (κ3) is 2.52. The van der Waals surface area contributed by atoms with E-state index in [1.165, 1.54) is 0 Å². The lowest BCUT2D eigenvalue weighted by molar-refractivity contribution is 0.102. The second-order valence-corrected chi connectivity index (χ2v) is 5.28. The molecule has 4 aromatic rings. The SMILES string of the molecule is O=C(Nc1ccccc1)c1nc2ncccn2c1-c1ccccc1. The van der Waals surface area contributed by atoms with Crippen LogP contribution in [-0.4, -0.2) is 20.3 Å². The number of nitrogens with one attached hydrogen (secondary N) is 1. The highest BCUT2D eigenvalue weighted by Gasteiger charge is 2.20. The lowest BCUT2D eigenvalue weighted by atomic mass is 10.1. The molecule has 5 nitrogen and oxygen atoms in total. The van der Waals surface area contributed by atoms with E-state index in [4.69, 9.17) is 0 Å². The number of amides is 1. The molecule has 4 rings (SSSR count). The van der Waals surface area contributed by atoms with E-state index >= 15 is 0 Å². The minimum absolute atomic E-state index is 0.259. The van der Waals surface area contributed by atoms with Crippen LogP contribution in [0.5, 0.6) is 0 Å². The van der Waals surface area contributed by atoms with Crippen molar-refractivity contribution >= 4 is 17.4 Å². The fourth-order valence-electron chi connectivity index (χ4n) is 2.63. The second kappa shape index (κ2) is 5.96. The van der Waals surface area contributed by atoms with Gasteiger partial charge in [0.25, 0.3) is 5.91 Å². The first kappa shape index (κ1) is 14.1. The zero-order valence-corrected chi connectivity index (χ0v) is 12.8. The number of imidazole rings is 1. The van der Waals surface area contributed by atoms with Crippen molar-refractivity contribution in [2.75, 3.05) is 5.32 Å². The maximum atomic E-state index is 12.8. The fraction of sp³-hybridized carbons (Fsp3) is 0. The predicted octanol–water partition coefficient (Wildman–Crippen LogP) is 3.65. The first-order chi connectivity index (χ1) is 11.8. The Hall–Kier alpha value is -3.47. The van der Waals surface area contributed by atoms with E-state index < -0.39 is 0 Å². The maximum Gasteiger partial charge on any atom is 0.276 e. The van der Waals surface area contributed by atoms with E-state index in [0.717, 1.165) is 16.9 Å². The molecule has 24 heavy (non-hydrogen) atoms. The highest BCUT2D eigenvalue weighted by Crippen LogP contribution is 2.25. The normalized spacial score (nSPS) is 10.7. The molecule has 0 saturated carbocycles. The number of aromatic nitrogens is 3. The minimum Gasteiger partial charge on any atom is -0.321 e. The molecule has 0 unspecified atom stereocenters. The number of hydrogen-bond donors (Lipinski definition) is 1. The summed E-state index contributed by atoms with van der Waals surface area (Å²) in [7, 11) is 0. The molecular formula is C19H14N4O. The van der Waals surface area contributed by atoms with Crippen molar-refractivity contribution in [2.24, 2.45) is 0 Å². The largest absolute Gasteiger partial charge is 0.321 e. The highest BCUT2D eigenvalue weighted by atomic mass is 16.1. The Morgan fingerprint density at radius 2 is 1.62 bits per heavy atom. The summed E-state index contributed by atoms with van der Waals surface area (Å²) >= 11 is 0. The van der Waals surface area contributed by atoms with Gasteiger partial charge < -0.3 is 5.32 Å². The molecule has 1 amide bonds. The number of para-hydroxylation sites is 1. The van der Waals surface area contributed by atoms with Gasteiger partial charge in [-0.05, 0) is 18.2 Å². The molecule has 0 aliphatic heterocycles. The molecule has 2 aromatic carbocycles. The summed E-state index contributed by atoms with van der Waals surface area (Å²) in [6.07, 6.45) is 3.52. The van der Waals surface area contributed by atoms with Crippen molar-refractivity contribution < 1.29 is 4.79 Å². The maximum absolute atomic E-state index is 12.8. The third-order valence-electron chi connectivity index (χ3n) is 3.70. The van der Waals surface area contributed by atoms with Gasteiger partial charge in [-0.2, -0.15) is 0 Å². The van der Waals surface area contributed by atoms with Gasteiger partial charge in [-0.1, -0.05) is 48.5 Å². The Morgan fingerprint density at radius 3 is 2.38 bits per heavy atom. The van der Waals surface area contributed by atoms with Gasteiger partial charge in [0.15, 0.2) is 5.69 Å². The summed E-state index contributed by atoms with van der Waals surface area (Å²) in [5, 5.41) is 2.89. The molecule has 0 aliphatic rings. The summed E-state index contributed by atoms with van der Waals surface area (Å²) in [5.41, 5.74) is 2.72. The standard InChI is InChI=1S/C19H14N4O/c24-18(21-15-10-5-2-6-11-15)16-17(14-8-3-1-4-9-14)23-13-7-12-20-19(23)22-16/h1-13H,(H,21,24). The third-order valence-corrected chi connectivity index (χ3v) is 3.70. The average molecular weight is 314 g/mol. The smallest absolute Gasteiger partial charge is 0.276 e. The lowest BCUT2D eigenvalue weighted by Crippen LogP contribution is -2.13. The summed E-state index contributed by atoms with van der Waals surface area (Å²) in [6.45, 7) is 0. The first-order valence-corrected chi connectivity index (χ1v) is 7.58. The molecule has 2 heterocycles. The molecule has 2 aromatic heterocycles. The van der Waals surface area contributed by atoms with Crippen LogP contribution in [0.2, 0.25) is 0 Å². The first-order valence-electron chi connectivity index (χ1n) is 7.58. The van der Waals surface area contributed by atoms with E-state index in [1.807, 2.05) is 77.3 Å². The van der Waals surface area contributed by atoms with Crippen LogP contribution < -0.4 is 5.32 Å². The van der Waals surface area contributed by atoms with Gasteiger partial charge in [0.05, 0.1) is 5.69 Å². The van der Waals surface area contributed by atoms with Gasteiger partial charge in [0, 0.05) is 23.6 Å². The minimum atomic E-state index is -0.259. The van der Waals surface area contributed by atoms with Crippen LogP contribution in [0, 0.1) is 0 Å². The molecule has 0 bridgehead atoms. The predicted molar refractivity (Wildman–Crippen MR) is 92.8 cm³/mol. The number of rotatable bonds is 3.